The van der Waals surface area contributed by atoms with Crippen molar-refractivity contribution in [2.45, 2.75) is 56.4 Å². The van der Waals surface area contributed by atoms with Crippen LogP contribution in [0.25, 0.3) is 0 Å². The summed E-state index contributed by atoms with van der Waals surface area (Å²) in [7, 11) is 1.66. The normalized spacial score (nSPS) is 24.9. The fourth-order valence-electron chi connectivity index (χ4n) is 4.13. The molecule has 1 heterocycles. The number of thioether (sulfide) groups is 1. The number of fused-ring (bicyclic) bond motifs is 1. The molecule has 2 aromatic rings. The Morgan fingerprint density at radius 3 is 2.56 bits per heavy atom. The molecule has 0 saturated carbocycles. The highest BCUT2D eigenvalue weighted by Gasteiger charge is 2.44. The second-order valence-corrected chi connectivity index (χ2v) is 8.50. The molecule has 1 aliphatic heterocycles. The monoisotopic (exact) mass is 388 g/mol. The van der Waals surface area contributed by atoms with Gasteiger partial charge in [-0.05, 0) is 54.3 Å². The molecule has 0 saturated heterocycles. The van der Waals surface area contributed by atoms with E-state index in [9.17, 15) is 9.50 Å². The summed E-state index contributed by atoms with van der Waals surface area (Å²) < 4.78 is 19.0. The van der Waals surface area contributed by atoms with Crippen molar-refractivity contribution in [3.05, 3.63) is 59.4 Å². The highest BCUT2D eigenvalue weighted by atomic mass is 32.2. The predicted octanol–water partition coefficient (Wildman–Crippen LogP) is 6.02. The van der Waals surface area contributed by atoms with Crippen molar-refractivity contribution in [3.8, 4) is 5.75 Å². The molecule has 27 heavy (non-hydrogen) atoms. The molecule has 146 valence electrons. The maximum Gasteiger partial charge on any atom is 0.123 e. The van der Waals surface area contributed by atoms with Gasteiger partial charge in [0.05, 0.1) is 13.2 Å². The van der Waals surface area contributed by atoms with E-state index < -0.39 is 6.10 Å². The number of halogens is 1. The summed E-state index contributed by atoms with van der Waals surface area (Å²) >= 11 is 1.83. The largest absolute Gasteiger partial charge is 0.497 e. The maximum absolute atomic E-state index is 13.5. The molecule has 3 atom stereocenters. The van der Waals surface area contributed by atoms with Crippen molar-refractivity contribution < 1.29 is 14.2 Å². The summed E-state index contributed by atoms with van der Waals surface area (Å²) in [4.78, 5) is 1.18. The molecule has 0 aromatic heterocycles. The Kier molecular flexibility index (Phi) is 6.48. The van der Waals surface area contributed by atoms with Gasteiger partial charge in [0.25, 0.3) is 0 Å². The third-order valence-corrected chi connectivity index (χ3v) is 7.37. The molecule has 0 bridgehead atoms. The Morgan fingerprint density at radius 2 is 1.93 bits per heavy atom. The number of aliphatic hydroxyl groups excluding tert-OH is 1. The minimum Gasteiger partial charge on any atom is -0.497 e. The first-order chi connectivity index (χ1) is 13.0. The summed E-state index contributed by atoms with van der Waals surface area (Å²) in [5, 5.41) is 11.7. The molecule has 3 rings (SSSR count). The van der Waals surface area contributed by atoms with Gasteiger partial charge in [0.15, 0.2) is 0 Å². The molecule has 0 spiro atoms. The van der Waals surface area contributed by atoms with Crippen LogP contribution in [0.2, 0.25) is 0 Å². The third-order valence-electron chi connectivity index (χ3n) is 5.97. The van der Waals surface area contributed by atoms with Crippen LogP contribution < -0.4 is 4.74 Å². The molecular weight excluding hydrogens is 359 g/mol. The van der Waals surface area contributed by atoms with Crippen LogP contribution in [-0.4, -0.2) is 24.1 Å². The van der Waals surface area contributed by atoms with Crippen LogP contribution in [0.3, 0.4) is 0 Å². The van der Waals surface area contributed by atoms with E-state index in [2.05, 4.69) is 19.9 Å². The molecule has 0 amide bonds. The minimum atomic E-state index is -0.527. The van der Waals surface area contributed by atoms with Crippen LogP contribution in [0, 0.1) is 11.2 Å². The molecule has 2 aromatic carbocycles. The number of unbranched alkanes of at least 4 members (excludes halogenated alkanes) is 1. The van der Waals surface area contributed by atoms with Crippen LogP contribution in [0.4, 0.5) is 4.39 Å². The predicted molar refractivity (Wildman–Crippen MR) is 110 cm³/mol. The van der Waals surface area contributed by atoms with Gasteiger partial charge in [-0.25, -0.2) is 4.39 Å². The Balaban J connectivity index is 2.14. The molecular formula is C23H29FO2S. The van der Waals surface area contributed by atoms with E-state index >= 15 is 0 Å². The lowest BCUT2D eigenvalue weighted by atomic mass is 9.69. The third kappa shape index (κ3) is 4.02. The second-order valence-electron chi connectivity index (χ2n) is 7.49. The lowest BCUT2D eigenvalue weighted by Crippen LogP contribution is -2.40. The zero-order chi connectivity index (χ0) is 19.4. The molecule has 1 N–H and O–H groups in total. The van der Waals surface area contributed by atoms with Crippen molar-refractivity contribution >= 4 is 11.8 Å². The Labute approximate surface area is 166 Å². The van der Waals surface area contributed by atoms with E-state index in [0.717, 1.165) is 48.3 Å². The van der Waals surface area contributed by atoms with Gasteiger partial charge in [-0.2, -0.15) is 0 Å². The van der Waals surface area contributed by atoms with E-state index in [1.54, 1.807) is 7.11 Å². The standard InChI is InChI=1S/C23H29FO2S/c1-4-6-13-23(5-2)15-27-20-12-11-18(26-3)14-19(20)21(22(23)25)16-7-9-17(24)10-8-16/h7-12,14,21-22,25H,4-6,13,15H2,1-3H3/t21-,22-,23+/m0/s1. The Hall–Kier alpha value is -1.52. The van der Waals surface area contributed by atoms with Gasteiger partial charge in [0.2, 0.25) is 0 Å². The first kappa shape index (κ1) is 20.2. The first-order valence-electron chi connectivity index (χ1n) is 9.79. The van der Waals surface area contributed by atoms with Gasteiger partial charge >= 0.3 is 0 Å². The van der Waals surface area contributed by atoms with Gasteiger partial charge < -0.3 is 9.84 Å². The highest BCUT2D eigenvalue weighted by molar-refractivity contribution is 7.99. The Bertz CT molecular complexity index is 761. The van der Waals surface area contributed by atoms with Gasteiger partial charge in [-0.15, -0.1) is 11.8 Å². The van der Waals surface area contributed by atoms with Gasteiger partial charge in [-0.1, -0.05) is 38.8 Å². The van der Waals surface area contributed by atoms with Crippen molar-refractivity contribution in [1.82, 2.24) is 0 Å². The Morgan fingerprint density at radius 1 is 1.19 bits per heavy atom. The SMILES string of the molecule is CCCC[C@]1(CC)CSc2ccc(OC)cc2[C@H](c2ccc(F)cc2)[C@@H]1O. The van der Waals surface area contributed by atoms with Crippen molar-refractivity contribution in [2.24, 2.45) is 5.41 Å². The van der Waals surface area contributed by atoms with Crippen molar-refractivity contribution in [3.63, 3.8) is 0 Å². The number of hydrogen-bond donors (Lipinski definition) is 1. The van der Waals surface area contributed by atoms with Crippen LogP contribution in [-0.2, 0) is 0 Å². The zero-order valence-electron chi connectivity index (χ0n) is 16.4. The van der Waals surface area contributed by atoms with E-state index in [4.69, 9.17) is 4.74 Å². The van der Waals surface area contributed by atoms with Crippen molar-refractivity contribution in [1.29, 1.82) is 0 Å². The van der Waals surface area contributed by atoms with Crippen LogP contribution in [0.1, 0.15) is 56.6 Å². The number of aliphatic hydroxyl groups is 1. The highest BCUT2D eigenvalue weighted by Crippen LogP contribution is 2.51. The summed E-state index contributed by atoms with van der Waals surface area (Å²) in [6, 6.07) is 12.7. The average Bonchev–Trinajstić information content (AvgIpc) is 2.81. The van der Waals surface area contributed by atoms with Crippen molar-refractivity contribution in [2.75, 3.05) is 12.9 Å². The molecule has 0 aliphatic carbocycles. The van der Waals surface area contributed by atoms with Gasteiger partial charge in [-0.3, -0.25) is 0 Å². The van der Waals surface area contributed by atoms with E-state index in [0.29, 0.717) is 0 Å². The minimum absolute atomic E-state index is 0.161. The van der Waals surface area contributed by atoms with E-state index in [-0.39, 0.29) is 17.2 Å². The number of methoxy groups -OCH3 is 1. The second kappa shape index (κ2) is 8.66. The summed E-state index contributed by atoms with van der Waals surface area (Å²) in [6.45, 7) is 4.37. The topological polar surface area (TPSA) is 29.5 Å². The number of rotatable bonds is 6. The number of ether oxygens (including phenoxy) is 1. The maximum atomic E-state index is 13.5. The summed E-state index contributed by atoms with van der Waals surface area (Å²) in [5.41, 5.74) is 1.87. The molecule has 0 fully saturated rings. The molecule has 4 heteroatoms. The molecule has 0 radical (unpaired) electrons. The summed E-state index contributed by atoms with van der Waals surface area (Å²) in [6.07, 6.45) is 3.60. The lowest BCUT2D eigenvalue weighted by Gasteiger charge is -2.39. The van der Waals surface area contributed by atoms with Crippen LogP contribution in [0.15, 0.2) is 47.4 Å². The number of benzene rings is 2. The molecule has 0 unspecified atom stereocenters. The first-order valence-corrected chi connectivity index (χ1v) is 10.8. The van der Waals surface area contributed by atoms with E-state index in [1.807, 2.05) is 36.0 Å². The van der Waals surface area contributed by atoms with Gasteiger partial charge in [0.1, 0.15) is 11.6 Å². The van der Waals surface area contributed by atoms with Gasteiger partial charge in [0, 0.05) is 22.0 Å². The summed E-state index contributed by atoms with van der Waals surface area (Å²) in [5.74, 6) is 1.23. The average molecular weight is 389 g/mol. The molecule has 2 nitrogen and oxygen atoms in total. The quantitative estimate of drug-likeness (QED) is 0.656. The smallest absolute Gasteiger partial charge is 0.123 e. The van der Waals surface area contributed by atoms with Crippen LogP contribution >= 0.6 is 11.8 Å². The van der Waals surface area contributed by atoms with E-state index in [1.165, 1.54) is 17.0 Å². The number of hydrogen-bond acceptors (Lipinski definition) is 3. The fourth-order valence-corrected chi connectivity index (χ4v) is 5.61. The zero-order valence-corrected chi connectivity index (χ0v) is 17.2. The molecule has 1 aliphatic rings. The van der Waals surface area contributed by atoms with Crippen LogP contribution in [0.5, 0.6) is 5.75 Å². The fraction of sp³-hybridized carbons (Fsp3) is 0.478. The lowest BCUT2D eigenvalue weighted by molar-refractivity contribution is 0.0182.